The molecule has 2 rings (SSSR count). The van der Waals surface area contributed by atoms with Crippen molar-refractivity contribution >= 4 is 44.8 Å². The number of nitro benzene ring substituents is 1. The molecule has 35 heavy (non-hydrogen) atoms. The largest absolute Gasteiger partial charge is 0.354 e. The Kier molecular flexibility index (Phi) is 10.0. The summed E-state index contributed by atoms with van der Waals surface area (Å²) >= 11 is 5.96. The average molecular weight is 525 g/mol. The maximum absolute atomic E-state index is 13.5. The van der Waals surface area contributed by atoms with Gasteiger partial charge >= 0.3 is 0 Å². The molecule has 2 amide bonds. The lowest BCUT2D eigenvalue weighted by Crippen LogP contribution is -2.52. The van der Waals surface area contributed by atoms with Crippen LogP contribution in [0.4, 0.5) is 11.4 Å². The van der Waals surface area contributed by atoms with Gasteiger partial charge in [-0.1, -0.05) is 43.6 Å². The van der Waals surface area contributed by atoms with E-state index >= 15 is 0 Å². The number of benzene rings is 2. The van der Waals surface area contributed by atoms with Crippen LogP contribution < -0.4 is 9.62 Å². The second kappa shape index (κ2) is 12.5. The van der Waals surface area contributed by atoms with E-state index in [1.165, 1.54) is 23.1 Å². The third-order valence-corrected chi connectivity index (χ3v) is 6.60. The summed E-state index contributed by atoms with van der Waals surface area (Å²) in [6, 6.07) is 10.9. The zero-order valence-corrected chi connectivity index (χ0v) is 21.4. The van der Waals surface area contributed by atoms with Gasteiger partial charge in [-0.05, 0) is 36.6 Å². The molecular formula is C23H29ClN4O6S. The third kappa shape index (κ3) is 7.93. The van der Waals surface area contributed by atoms with Crippen LogP contribution in [0.25, 0.3) is 0 Å². The molecule has 1 atom stereocenters. The molecule has 0 aromatic heterocycles. The number of amides is 2. The molecule has 10 nitrogen and oxygen atoms in total. The van der Waals surface area contributed by atoms with Crippen LogP contribution in [0.15, 0.2) is 48.5 Å². The van der Waals surface area contributed by atoms with E-state index in [0.29, 0.717) is 30.0 Å². The van der Waals surface area contributed by atoms with Gasteiger partial charge < -0.3 is 10.2 Å². The fourth-order valence-corrected chi connectivity index (χ4v) is 4.41. The normalized spacial score (nSPS) is 12.0. The summed E-state index contributed by atoms with van der Waals surface area (Å²) in [5.41, 5.74) is 0.364. The number of nitrogens with zero attached hydrogens (tertiary/aromatic N) is 3. The second-order valence-corrected chi connectivity index (χ2v) is 10.3. The Morgan fingerprint density at radius 2 is 1.80 bits per heavy atom. The average Bonchev–Trinajstić information content (AvgIpc) is 2.81. The van der Waals surface area contributed by atoms with Crippen LogP contribution in [0.2, 0.25) is 5.02 Å². The SMILES string of the molecule is CCCNC(=O)[C@H](CC)N(Cc1ccc(Cl)cc1)C(=O)CN(c1cccc([N+](=O)[O-])c1)S(C)(=O)=O. The zero-order valence-electron chi connectivity index (χ0n) is 19.8. The van der Waals surface area contributed by atoms with Gasteiger partial charge in [-0.3, -0.25) is 24.0 Å². The third-order valence-electron chi connectivity index (χ3n) is 5.21. The van der Waals surface area contributed by atoms with Crippen molar-refractivity contribution in [3.05, 3.63) is 69.2 Å². The zero-order chi connectivity index (χ0) is 26.2. The first kappa shape index (κ1) is 28.1. The first-order valence-corrected chi connectivity index (χ1v) is 13.2. The highest BCUT2D eigenvalue weighted by Gasteiger charge is 2.32. The van der Waals surface area contributed by atoms with Crippen molar-refractivity contribution in [2.45, 2.75) is 39.3 Å². The molecular weight excluding hydrogens is 496 g/mol. The molecule has 0 aliphatic carbocycles. The van der Waals surface area contributed by atoms with Gasteiger partial charge in [0, 0.05) is 30.2 Å². The van der Waals surface area contributed by atoms with Crippen LogP contribution in [0.5, 0.6) is 0 Å². The second-order valence-electron chi connectivity index (χ2n) is 7.91. The quantitative estimate of drug-likeness (QED) is 0.335. The molecule has 2 aromatic rings. The molecule has 12 heteroatoms. The van der Waals surface area contributed by atoms with Crippen molar-refractivity contribution in [2.75, 3.05) is 23.7 Å². The van der Waals surface area contributed by atoms with Gasteiger partial charge in [-0.2, -0.15) is 0 Å². The van der Waals surface area contributed by atoms with Crippen molar-refractivity contribution in [3.63, 3.8) is 0 Å². The maximum Gasteiger partial charge on any atom is 0.271 e. The monoisotopic (exact) mass is 524 g/mol. The number of rotatable bonds is 12. The van der Waals surface area contributed by atoms with Crippen LogP contribution in [-0.4, -0.2) is 55.4 Å². The van der Waals surface area contributed by atoms with Crippen molar-refractivity contribution in [1.29, 1.82) is 0 Å². The van der Waals surface area contributed by atoms with Crippen LogP contribution in [0, 0.1) is 10.1 Å². The van der Waals surface area contributed by atoms with E-state index in [1.54, 1.807) is 31.2 Å². The van der Waals surface area contributed by atoms with Gasteiger partial charge in [0.25, 0.3) is 5.69 Å². The van der Waals surface area contributed by atoms with Gasteiger partial charge in [0.05, 0.1) is 16.9 Å². The summed E-state index contributed by atoms with van der Waals surface area (Å²) in [6.07, 6.45) is 1.92. The van der Waals surface area contributed by atoms with Crippen molar-refractivity contribution in [2.24, 2.45) is 0 Å². The Bertz CT molecular complexity index is 1160. The molecule has 0 spiro atoms. The van der Waals surface area contributed by atoms with E-state index in [4.69, 9.17) is 11.6 Å². The standard InChI is InChI=1S/C23H29ClN4O6S/c1-4-13-25-23(30)21(5-2)26(15-17-9-11-18(24)12-10-17)22(29)16-27(35(3,33)34)19-7-6-8-20(14-19)28(31)32/h6-12,14,21H,4-5,13,15-16H2,1-3H3,(H,25,30)/t21-/m0/s1. The summed E-state index contributed by atoms with van der Waals surface area (Å²) in [5, 5.41) is 14.5. The van der Waals surface area contributed by atoms with E-state index in [-0.39, 0.29) is 23.8 Å². The van der Waals surface area contributed by atoms with E-state index in [9.17, 15) is 28.1 Å². The number of halogens is 1. The Morgan fingerprint density at radius 1 is 1.14 bits per heavy atom. The van der Waals surface area contributed by atoms with E-state index in [2.05, 4.69) is 5.32 Å². The molecule has 0 bridgehead atoms. The van der Waals surface area contributed by atoms with Crippen molar-refractivity contribution < 1.29 is 22.9 Å². The van der Waals surface area contributed by atoms with E-state index in [1.807, 2.05) is 6.92 Å². The summed E-state index contributed by atoms with van der Waals surface area (Å²) < 4.78 is 25.9. The van der Waals surface area contributed by atoms with Crippen LogP contribution in [0.3, 0.4) is 0 Å². The lowest BCUT2D eigenvalue weighted by molar-refractivity contribution is -0.384. The highest BCUT2D eigenvalue weighted by molar-refractivity contribution is 7.92. The molecule has 190 valence electrons. The number of non-ortho nitro benzene ring substituents is 1. The number of nitro groups is 1. The molecule has 0 saturated carbocycles. The number of sulfonamides is 1. The Hall–Kier alpha value is -3.18. The molecule has 0 unspecified atom stereocenters. The summed E-state index contributed by atoms with van der Waals surface area (Å²) in [5.74, 6) is -0.978. The number of anilines is 1. The number of carbonyl (C=O) groups excluding carboxylic acids is 2. The Morgan fingerprint density at radius 3 is 2.34 bits per heavy atom. The number of hydrogen-bond acceptors (Lipinski definition) is 6. The summed E-state index contributed by atoms with van der Waals surface area (Å²) in [7, 11) is -3.99. The molecule has 0 aliphatic rings. The molecule has 1 N–H and O–H groups in total. The number of nitrogens with one attached hydrogen (secondary N) is 1. The Labute approximate surface area is 210 Å². The molecule has 0 saturated heterocycles. The van der Waals surface area contributed by atoms with Crippen LogP contribution >= 0.6 is 11.6 Å². The predicted molar refractivity (Wildman–Crippen MR) is 135 cm³/mol. The highest BCUT2D eigenvalue weighted by Crippen LogP contribution is 2.24. The van der Waals surface area contributed by atoms with Gasteiger partial charge in [0.2, 0.25) is 21.8 Å². The van der Waals surface area contributed by atoms with Crippen LogP contribution in [0.1, 0.15) is 32.3 Å². The number of carbonyl (C=O) groups is 2. The lowest BCUT2D eigenvalue weighted by Gasteiger charge is -2.32. The minimum Gasteiger partial charge on any atom is -0.354 e. The maximum atomic E-state index is 13.5. The lowest BCUT2D eigenvalue weighted by atomic mass is 10.1. The highest BCUT2D eigenvalue weighted by atomic mass is 35.5. The summed E-state index contributed by atoms with van der Waals surface area (Å²) in [6.45, 7) is 3.50. The fourth-order valence-electron chi connectivity index (χ4n) is 3.45. The van der Waals surface area contributed by atoms with Gasteiger partial charge in [-0.15, -0.1) is 0 Å². The van der Waals surface area contributed by atoms with Gasteiger partial charge in [0.1, 0.15) is 12.6 Å². The molecule has 2 aromatic carbocycles. The minimum absolute atomic E-state index is 0.0232. The van der Waals surface area contributed by atoms with E-state index in [0.717, 1.165) is 16.6 Å². The van der Waals surface area contributed by atoms with Crippen molar-refractivity contribution in [3.8, 4) is 0 Å². The van der Waals surface area contributed by atoms with Gasteiger partial charge in [0.15, 0.2) is 0 Å². The topological polar surface area (TPSA) is 130 Å². The smallest absolute Gasteiger partial charge is 0.271 e. The van der Waals surface area contributed by atoms with Crippen molar-refractivity contribution in [1.82, 2.24) is 10.2 Å². The fraction of sp³-hybridized carbons (Fsp3) is 0.391. The van der Waals surface area contributed by atoms with Crippen LogP contribution in [-0.2, 0) is 26.2 Å². The molecule has 0 fully saturated rings. The van der Waals surface area contributed by atoms with E-state index < -0.39 is 33.4 Å². The van der Waals surface area contributed by atoms with Gasteiger partial charge in [-0.25, -0.2) is 8.42 Å². The number of hydrogen-bond donors (Lipinski definition) is 1. The Balaban J connectivity index is 2.45. The summed E-state index contributed by atoms with van der Waals surface area (Å²) in [4.78, 5) is 38.2. The predicted octanol–water partition coefficient (Wildman–Crippen LogP) is 3.35. The minimum atomic E-state index is -3.99. The molecule has 0 heterocycles. The molecule has 0 aliphatic heterocycles. The molecule has 0 radical (unpaired) electrons. The first-order chi connectivity index (χ1) is 16.5. The first-order valence-electron chi connectivity index (χ1n) is 11.0.